The number of hydrogen-bond donors (Lipinski definition) is 2. The van der Waals surface area contributed by atoms with Crippen molar-refractivity contribution in [1.29, 1.82) is 0 Å². The van der Waals surface area contributed by atoms with E-state index in [1.54, 1.807) is 13.2 Å². The summed E-state index contributed by atoms with van der Waals surface area (Å²) in [7, 11) is 1.72. The van der Waals surface area contributed by atoms with Crippen molar-refractivity contribution in [2.45, 2.75) is 31.2 Å². The third-order valence-electron chi connectivity index (χ3n) is 6.86. The Labute approximate surface area is 167 Å². The first-order valence-electron chi connectivity index (χ1n) is 9.54. The van der Waals surface area contributed by atoms with Gasteiger partial charge in [-0.15, -0.1) is 0 Å². The first-order valence-corrected chi connectivity index (χ1v) is 10.3. The van der Waals surface area contributed by atoms with Gasteiger partial charge in [0, 0.05) is 15.7 Å². The normalized spacial score (nSPS) is 30.4. The van der Waals surface area contributed by atoms with Gasteiger partial charge in [0.25, 0.3) is 0 Å². The highest BCUT2D eigenvalue weighted by Gasteiger charge is 2.54. The number of hydrogen-bond acceptors (Lipinski definition) is 3. The topological polar surface area (TPSA) is 58.6 Å². The molecule has 0 unspecified atom stereocenters. The molecule has 2 saturated carbocycles. The van der Waals surface area contributed by atoms with Gasteiger partial charge >= 0.3 is 5.97 Å². The molecular formula is C22H22BrNO3. The van der Waals surface area contributed by atoms with Crippen LogP contribution in [0.25, 0.3) is 0 Å². The molecule has 0 amide bonds. The minimum Gasteiger partial charge on any atom is -0.496 e. The van der Waals surface area contributed by atoms with Crippen molar-refractivity contribution in [2.24, 2.45) is 17.8 Å². The smallest absolute Gasteiger partial charge is 0.335 e. The Morgan fingerprint density at radius 3 is 2.74 bits per heavy atom. The fourth-order valence-electron chi connectivity index (χ4n) is 5.88. The molecule has 140 valence electrons. The standard InChI is InChI=1S/C22H22BrNO3/c1-27-18-7-5-14(23)10-16(18)21-20-12-3-2-11(8-12)19(20)15-9-13(22(25)26)4-6-17(15)24-21/h4-7,9-12,19-21,24H,2-3,8H2,1H3,(H,25,26)/t11-,12-,19+,20-,21-/m0/s1. The van der Waals surface area contributed by atoms with Gasteiger partial charge in [-0.05, 0) is 84.9 Å². The average Bonchev–Trinajstić information content (AvgIpc) is 3.29. The molecule has 1 aliphatic heterocycles. The third-order valence-corrected chi connectivity index (χ3v) is 7.35. The second-order valence-corrected chi connectivity index (χ2v) is 8.97. The number of anilines is 1. The number of carboxylic acid groups (broad SMARTS) is 1. The van der Waals surface area contributed by atoms with E-state index in [4.69, 9.17) is 4.74 Å². The molecule has 2 N–H and O–H groups in total. The number of carboxylic acids is 1. The maximum absolute atomic E-state index is 11.5. The van der Waals surface area contributed by atoms with Crippen molar-refractivity contribution in [3.05, 3.63) is 57.6 Å². The van der Waals surface area contributed by atoms with Crippen LogP contribution >= 0.6 is 15.9 Å². The molecule has 2 fully saturated rings. The molecule has 5 rings (SSSR count). The molecule has 2 aromatic rings. The molecule has 2 bridgehead atoms. The van der Waals surface area contributed by atoms with Crippen LogP contribution in [-0.4, -0.2) is 18.2 Å². The summed E-state index contributed by atoms with van der Waals surface area (Å²) in [5.41, 5.74) is 3.83. The van der Waals surface area contributed by atoms with Crippen molar-refractivity contribution in [1.82, 2.24) is 0 Å². The van der Waals surface area contributed by atoms with Gasteiger partial charge in [-0.25, -0.2) is 4.79 Å². The van der Waals surface area contributed by atoms with Crippen LogP contribution in [-0.2, 0) is 0 Å². The minimum absolute atomic E-state index is 0.181. The van der Waals surface area contributed by atoms with Crippen LogP contribution in [0, 0.1) is 17.8 Å². The number of benzene rings is 2. The highest BCUT2D eigenvalue weighted by Crippen LogP contribution is 2.64. The van der Waals surface area contributed by atoms with Crippen LogP contribution in [0.5, 0.6) is 5.75 Å². The monoisotopic (exact) mass is 427 g/mol. The summed E-state index contributed by atoms with van der Waals surface area (Å²) in [6, 6.07) is 11.9. The number of nitrogens with one attached hydrogen (secondary N) is 1. The molecule has 5 heteroatoms. The fraction of sp³-hybridized carbons (Fsp3) is 0.409. The van der Waals surface area contributed by atoms with Crippen LogP contribution in [0.3, 0.4) is 0 Å². The molecule has 3 aliphatic rings. The maximum atomic E-state index is 11.5. The van der Waals surface area contributed by atoms with E-state index < -0.39 is 5.97 Å². The number of halogens is 1. The van der Waals surface area contributed by atoms with E-state index in [-0.39, 0.29) is 6.04 Å². The van der Waals surface area contributed by atoms with Crippen LogP contribution < -0.4 is 10.1 Å². The zero-order valence-electron chi connectivity index (χ0n) is 15.1. The lowest BCUT2D eigenvalue weighted by Crippen LogP contribution is -2.35. The summed E-state index contributed by atoms with van der Waals surface area (Å²) in [6.45, 7) is 0. The molecule has 0 aromatic heterocycles. The third kappa shape index (κ3) is 2.59. The lowest BCUT2D eigenvalue weighted by Gasteiger charge is -2.44. The van der Waals surface area contributed by atoms with E-state index in [0.29, 0.717) is 29.2 Å². The van der Waals surface area contributed by atoms with Crippen molar-refractivity contribution in [2.75, 3.05) is 12.4 Å². The van der Waals surface area contributed by atoms with Crippen molar-refractivity contribution >= 4 is 27.6 Å². The second-order valence-electron chi connectivity index (χ2n) is 8.05. The molecule has 0 radical (unpaired) electrons. The minimum atomic E-state index is -0.853. The Bertz CT molecular complexity index is 928. The van der Waals surface area contributed by atoms with Crippen LogP contribution in [0.1, 0.15) is 52.7 Å². The lowest BCUT2D eigenvalue weighted by molar-refractivity contribution is 0.0696. The maximum Gasteiger partial charge on any atom is 0.335 e. The largest absolute Gasteiger partial charge is 0.496 e. The van der Waals surface area contributed by atoms with Gasteiger partial charge < -0.3 is 15.2 Å². The number of methoxy groups -OCH3 is 1. The Hall–Kier alpha value is -2.01. The SMILES string of the molecule is COc1ccc(Br)cc1[C@@H]1Nc2ccc(C(=O)O)cc2[C@H]2[C@H]3CC[C@@H](C3)[C@@H]21. The summed E-state index contributed by atoms with van der Waals surface area (Å²) in [5.74, 6) is 2.29. The van der Waals surface area contributed by atoms with E-state index >= 15 is 0 Å². The van der Waals surface area contributed by atoms with Gasteiger partial charge in [0.1, 0.15) is 5.75 Å². The highest BCUT2D eigenvalue weighted by atomic mass is 79.9. The van der Waals surface area contributed by atoms with Gasteiger partial charge in [0.15, 0.2) is 0 Å². The van der Waals surface area contributed by atoms with E-state index in [9.17, 15) is 9.90 Å². The number of rotatable bonds is 3. The summed E-state index contributed by atoms with van der Waals surface area (Å²) in [4.78, 5) is 11.5. The number of ether oxygens (including phenoxy) is 1. The number of fused-ring (bicyclic) bond motifs is 7. The van der Waals surface area contributed by atoms with Gasteiger partial charge in [0.2, 0.25) is 0 Å². The molecule has 1 heterocycles. The molecule has 5 atom stereocenters. The molecule has 0 spiro atoms. The van der Waals surface area contributed by atoms with Gasteiger partial charge in [-0.1, -0.05) is 15.9 Å². The van der Waals surface area contributed by atoms with Crippen LogP contribution in [0.15, 0.2) is 40.9 Å². The second kappa shape index (κ2) is 6.26. The Morgan fingerprint density at radius 2 is 1.96 bits per heavy atom. The Kier molecular flexibility index (Phi) is 3.97. The summed E-state index contributed by atoms with van der Waals surface area (Å²) in [6.07, 6.45) is 3.78. The predicted molar refractivity (Wildman–Crippen MR) is 108 cm³/mol. The van der Waals surface area contributed by atoms with Crippen molar-refractivity contribution in [3.63, 3.8) is 0 Å². The zero-order valence-corrected chi connectivity index (χ0v) is 16.7. The number of carbonyl (C=O) groups is 1. The van der Waals surface area contributed by atoms with E-state index in [2.05, 4.69) is 27.3 Å². The molecule has 0 saturated heterocycles. The van der Waals surface area contributed by atoms with Crippen molar-refractivity contribution in [3.8, 4) is 5.75 Å². The lowest BCUT2D eigenvalue weighted by atomic mass is 9.67. The summed E-state index contributed by atoms with van der Waals surface area (Å²) in [5, 5.41) is 13.2. The number of aromatic carboxylic acids is 1. The van der Waals surface area contributed by atoms with Gasteiger partial charge in [-0.2, -0.15) is 0 Å². The van der Waals surface area contributed by atoms with Gasteiger partial charge in [-0.3, -0.25) is 0 Å². The average molecular weight is 428 g/mol. The van der Waals surface area contributed by atoms with Crippen molar-refractivity contribution < 1.29 is 14.6 Å². The molecule has 2 aliphatic carbocycles. The van der Waals surface area contributed by atoms with Crippen LogP contribution in [0.2, 0.25) is 0 Å². The predicted octanol–water partition coefficient (Wildman–Crippen LogP) is 5.45. The highest BCUT2D eigenvalue weighted by molar-refractivity contribution is 9.10. The first-order chi connectivity index (χ1) is 13.1. The summed E-state index contributed by atoms with van der Waals surface area (Å²) >= 11 is 3.61. The Balaban J connectivity index is 1.65. The molecular weight excluding hydrogens is 406 g/mol. The van der Waals surface area contributed by atoms with Gasteiger partial charge in [0.05, 0.1) is 18.7 Å². The van der Waals surface area contributed by atoms with Crippen LogP contribution in [0.4, 0.5) is 5.69 Å². The first kappa shape index (κ1) is 17.1. The Morgan fingerprint density at radius 1 is 1.15 bits per heavy atom. The quantitative estimate of drug-likeness (QED) is 0.683. The van der Waals surface area contributed by atoms with E-state index in [1.807, 2.05) is 24.3 Å². The van der Waals surface area contributed by atoms with E-state index in [0.717, 1.165) is 15.9 Å². The zero-order chi connectivity index (χ0) is 18.7. The molecule has 4 nitrogen and oxygen atoms in total. The molecule has 2 aromatic carbocycles. The molecule has 27 heavy (non-hydrogen) atoms. The summed E-state index contributed by atoms with van der Waals surface area (Å²) < 4.78 is 6.73. The van der Waals surface area contributed by atoms with E-state index in [1.165, 1.54) is 30.4 Å². The fourth-order valence-corrected chi connectivity index (χ4v) is 6.26.